The Balaban J connectivity index is 4.04. The molecule has 0 bridgehead atoms. The predicted octanol–water partition coefficient (Wildman–Crippen LogP) is 2.76. The molecule has 0 amide bonds. The van der Waals surface area contributed by atoms with Crippen LogP contribution in [0.15, 0.2) is 12.2 Å². The second kappa shape index (κ2) is 5.54. The number of allylic oxidation sites excluding steroid dienone is 2. The van der Waals surface area contributed by atoms with Gasteiger partial charge in [-0.3, -0.25) is 0 Å². The Morgan fingerprint density at radius 3 is 2.25 bits per heavy atom. The van der Waals surface area contributed by atoms with E-state index < -0.39 is 8.07 Å². The number of hydrogen-bond acceptors (Lipinski definition) is 1. The van der Waals surface area contributed by atoms with Gasteiger partial charge in [-0.25, -0.2) is 0 Å². The summed E-state index contributed by atoms with van der Waals surface area (Å²) >= 11 is 0. The molecule has 0 radical (unpaired) electrons. The van der Waals surface area contributed by atoms with Gasteiger partial charge in [-0.05, 0) is 33.2 Å². The lowest BCUT2D eigenvalue weighted by atomic mass is 10.6. The van der Waals surface area contributed by atoms with E-state index in [1.165, 1.54) is 18.3 Å². The molecule has 2 heteroatoms. The molecule has 0 spiro atoms. The van der Waals surface area contributed by atoms with Crippen LogP contribution in [0.5, 0.6) is 0 Å². The highest BCUT2D eigenvalue weighted by Gasteiger charge is 2.23. The zero-order valence-corrected chi connectivity index (χ0v) is 10.2. The first-order chi connectivity index (χ1) is 5.54. The number of rotatable bonds is 5. The molecule has 0 saturated heterocycles. The largest absolute Gasteiger partial charge is 0.312 e. The maximum atomic E-state index is 2.49. The van der Waals surface area contributed by atoms with E-state index in [4.69, 9.17) is 0 Å². The van der Waals surface area contributed by atoms with E-state index in [9.17, 15) is 0 Å². The van der Waals surface area contributed by atoms with Crippen molar-refractivity contribution in [1.29, 1.82) is 0 Å². The first-order valence-electron chi connectivity index (χ1n) is 4.80. The molecule has 72 valence electrons. The van der Waals surface area contributed by atoms with Gasteiger partial charge in [0.25, 0.3) is 0 Å². The van der Waals surface area contributed by atoms with Crippen LogP contribution in [0.3, 0.4) is 0 Å². The third-order valence-corrected chi connectivity index (χ3v) is 6.72. The van der Waals surface area contributed by atoms with E-state index >= 15 is 0 Å². The Morgan fingerprint density at radius 1 is 1.33 bits per heavy atom. The molecular weight excluding hydrogens is 162 g/mol. The average Bonchev–Trinajstić information content (AvgIpc) is 2.00. The third-order valence-electron chi connectivity index (χ3n) is 2.40. The lowest BCUT2D eigenvalue weighted by Gasteiger charge is -2.28. The fourth-order valence-electron chi connectivity index (χ4n) is 1.49. The van der Waals surface area contributed by atoms with Crippen molar-refractivity contribution in [2.24, 2.45) is 0 Å². The molecule has 1 unspecified atom stereocenters. The van der Waals surface area contributed by atoms with Crippen LogP contribution in [-0.4, -0.2) is 33.2 Å². The quantitative estimate of drug-likeness (QED) is 0.470. The molecule has 0 aromatic rings. The fraction of sp³-hybridized carbons (Fsp3) is 0.800. The normalized spacial score (nSPS) is 17.2. The highest BCUT2D eigenvalue weighted by Crippen LogP contribution is 2.16. The summed E-state index contributed by atoms with van der Waals surface area (Å²) in [7, 11) is 3.39. The summed E-state index contributed by atoms with van der Waals surface area (Å²) in [6, 6.07) is 2.72. The molecule has 0 rings (SSSR count). The lowest BCUT2D eigenvalue weighted by molar-refractivity contribution is 0.469. The van der Waals surface area contributed by atoms with Crippen molar-refractivity contribution in [3.8, 4) is 0 Å². The van der Waals surface area contributed by atoms with Gasteiger partial charge in [-0.2, -0.15) is 0 Å². The van der Waals surface area contributed by atoms with Crippen LogP contribution in [0.2, 0.25) is 18.6 Å². The summed E-state index contributed by atoms with van der Waals surface area (Å²) in [6.45, 7) is 6.94. The Labute approximate surface area is 78.5 Å². The van der Waals surface area contributed by atoms with Crippen molar-refractivity contribution in [3.63, 3.8) is 0 Å². The molecule has 0 heterocycles. The molecule has 0 aliphatic heterocycles. The van der Waals surface area contributed by atoms with Gasteiger partial charge < -0.3 is 4.90 Å². The molecule has 0 aromatic carbocycles. The Morgan fingerprint density at radius 2 is 1.92 bits per heavy atom. The molecule has 0 fully saturated rings. The van der Waals surface area contributed by atoms with Crippen LogP contribution in [0.4, 0.5) is 0 Å². The van der Waals surface area contributed by atoms with Crippen molar-refractivity contribution < 1.29 is 0 Å². The second-order valence-corrected chi connectivity index (χ2v) is 9.23. The van der Waals surface area contributed by atoms with Gasteiger partial charge in [0.15, 0.2) is 0 Å². The highest BCUT2D eigenvalue weighted by atomic mass is 28.3. The van der Waals surface area contributed by atoms with Gasteiger partial charge in [-0.15, -0.1) is 0 Å². The van der Waals surface area contributed by atoms with Crippen LogP contribution < -0.4 is 0 Å². The Bertz CT molecular complexity index is 143. The monoisotopic (exact) mass is 185 g/mol. The number of nitrogens with zero attached hydrogens (tertiary/aromatic N) is 1. The summed E-state index contributed by atoms with van der Waals surface area (Å²) in [6.07, 6.45) is 5.82. The smallest absolute Gasteiger partial charge is 0.0694 e. The minimum absolute atomic E-state index is 0.968. The first-order valence-corrected chi connectivity index (χ1v) is 7.92. The lowest BCUT2D eigenvalue weighted by Crippen LogP contribution is -2.40. The summed E-state index contributed by atoms with van der Waals surface area (Å²) in [5.41, 5.74) is 0. The molecule has 1 atom stereocenters. The van der Waals surface area contributed by atoms with Crippen molar-refractivity contribution in [3.05, 3.63) is 12.2 Å². The third kappa shape index (κ3) is 4.73. The first kappa shape index (κ1) is 11.9. The van der Waals surface area contributed by atoms with E-state index in [-0.39, 0.29) is 0 Å². The van der Waals surface area contributed by atoms with Crippen molar-refractivity contribution >= 4 is 8.07 Å². The Hall–Kier alpha value is -0.0831. The van der Waals surface area contributed by atoms with E-state index in [1.54, 1.807) is 0 Å². The van der Waals surface area contributed by atoms with E-state index in [0.29, 0.717) is 0 Å². The van der Waals surface area contributed by atoms with Gasteiger partial charge in [0.2, 0.25) is 0 Å². The van der Waals surface area contributed by atoms with Crippen LogP contribution in [0, 0.1) is 0 Å². The topological polar surface area (TPSA) is 3.24 Å². The van der Waals surface area contributed by atoms with E-state index in [1.807, 2.05) is 0 Å². The molecule has 0 N–H and O–H groups in total. The Kier molecular flexibility index (Phi) is 5.50. The van der Waals surface area contributed by atoms with Crippen molar-refractivity contribution in [2.45, 2.75) is 32.5 Å². The second-order valence-electron chi connectivity index (χ2n) is 4.18. The van der Waals surface area contributed by atoms with Gasteiger partial charge >= 0.3 is 0 Å². The average molecular weight is 185 g/mol. The molecule has 0 aromatic heterocycles. The highest BCUT2D eigenvalue weighted by molar-refractivity contribution is 6.79. The summed E-state index contributed by atoms with van der Waals surface area (Å²) in [5.74, 6) is 0. The maximum absolute atomic E-state index is 2.49. The standard InChI is InChI=1S/C10H23NSi/c1-6-8-9-12(5,7-2)10-11(3)4/h6,8H,7,9-10H2,1-5H3. The summed E-state index contributed by atoms with van der Waals surface area (Å²) in [5, 5.41) is 0. The van der Waals surface area contributed by atoms with Gasteiger partial charge in [-0.1, -0.05) is 31.7 Å². The molecule has 0 saturated carbocycles. The van der Waals surface area contributed by atoms with Crippen LogP contribution in [0.25, 0.3) is 0 Å². The van der Waals surface area contributed by atoms with Crippen LogP contribution in [-0.2, 0) is 0 Å². The zero-order valence-electron chi connectivity index (χ0n) is 9.22. The van der Waals surface area contributed by atoms with Crippen LogP contribution >= 0.6 is 0 Å². The van der Waals surface area contributed by atoms with Gasteiger partial charge in [0, 0.05) is 0 Å². The minimum Gasteiger partial charge on any atom is -0.312 e. The summed E-state index contributed by atoms with van der Waals surface area (Å²) < 4.78 is 0. The van der Waals surface area contributed by atoms with E-state index in [2.05, 4.69) is 51.5 Å². The zero-order chi connectivity index (χ0) is 9.61. The molecule has 12 heavy (non-hydrogen) atoms. The molecule has 0 aliphatic carbocycles. The van der Waals surface area contributed by atoms with Crippen molar-refractivity contribution in [2.75, 3.05) is 20.3 Å². The minimum atomic E-state index is -0.968. The molecule has 0 aliphatic rings. The SMILES string of the molecule is CC=CC[Si](C)(CC)CN(C)C. The van der Waals surface area contributed by atoms with Gasteiger partial charge in [0.05, 0.1) is 8.07 Å². The van der Waals surface area contributed by atoms with Crippen molar-refractivity contribution in [1.82, 2.24) is 4.90 Å². The number of hydrogen-bond donors (Lipinski definition) is 0. The fourth-order valence-corrected chi connectivity index (χ4v) is 4.46. The van der Waals surface area contributed by atoms with Gasteiger partial charge in [0.1, 0.15) is 0 Å². The molecular formula is C10H23NSi. The summed E-state index contributed by atoms with van der Waals surface area (Å²) in [4.78, 5) is 2.33. The predicted molar refractivity (Wildman–Crippen MR) is 60.3 cm³/mol. The van der Waals surface area contributed by atoms with Crippen LogP contribution in [0.1, 0.15) is 13.8 Å². The van der Waals surface area contributed by atoms with E-state index in [0.717, 1.165) is 0 Å². The maximum Gasteiger partial charge on any atom is 0.0694 e. The molecule has 1 nitrogen and oxygen atoms in total.